The molecule has 0 aliphatic carbocycles. The Hall–Kier alpha value is -3.33. The summed E-state index contributed by atoms with van der Waals surface area (Å²) in [5.74, 6) is 1.11. The van der Waals surface area contributed by atoms with Crippen LogP contribution in [-0.4, -0.2) is 44.4 Å². The zero-order valence-corrected chi connectivity index (χ0v) is 18.4. The first-order valence-electron chi connectivity index (χ1n) is 10.3. The molecule has 1 aromatic heterocycles. The maximum atomic E-state index is 13.1. The lowest BCUT2D eigenvalue weighted by Crippen LogP contribution is -2.35. The number of hydrogen-bond acceptors (Lipinski definition) is 6. The molecule has 1 fully saturated rings. The molecular weight excluding hydrogens is 431 g/mol. The van der Waals surface area contributed by atoms with Crippen molar-refractivity contribution in [2.75, 3.05) is 29.9 Å². The largest absolute Gasteiger partial charge is 0.341 e. The van der Waals surface area contributed by atoms with Gasteiger partial charge >= 0.3 is 10.2 Å². The fourth-order valence-corrected chi connectivity index (χ4v) is 4.34. The molecule has 1 aliphatic rings. The van der Waals surface area contributed by atoms with Gasteiger partial charge < -0.3 is 4.90 Å². The van der Waals surface area contributed by atoms with E-state index in [1.807, 2.05) is 6.07 Å². The van der Waals surface area contributed by atoms with E-state index in [4.69, 9.17) is 0 Å². The molecule has 3 aromatic rings. The Morgan fingerprint density at radius 2 is 1.69 bits per heavy atom. The second kappa shape index (κ2) is 9.04. The van der Waals surface area contributed by atoms with Crippen LogP contribution in [0.5, 0.6) is 0 Å². The lowest BCUT2D eigenvalue weighted by Gasteiger charge is -2.32. The number of piperidine rings is 1. The van der Waals surface area contributed by atoms with Crippen molar-refractivity contribution in [3.05, 3.63) is 78.0 Å². The van der Waals surface area contributed by atoms with Crippen LogP contribution >= 0.6 is 0 Å². The highest BCUT2D eigenvalue weighted by molar-refractivity contribution is 7.86. The Kier molecular flexibility index (Phi) is 6.18. The van der Waals surface area contributed by atoms with Crippen LogP contribution in [0.1, 0.15) is 34.7 Å². The lowest BCUT2D eigenvalue weighted by molar-refractivity contribution is 0.0992. The molecule has 0 saturated carbocycles. The minimum atomic E-state index is -4.81. The number of carbonyl (C=O) groups is 1. The molecule has 32 heavy (non-hydrogen) atoms. The number of benzene rings is 2. The topological polar surface area (TPSA) is 83.5 Å². The summed E-state index contributed by atoms with van der Waals surface area (Å²) in [6.07, 6.45) is 3.61. The summed E-state index contributed by atoms with van der Waals surface area (Å²) in [7, 11) is -3.23. The zero-order chi connectivity index (χ0) is 22.7. The summed E-state index contributed by atoms with van der Waals surface area (Å²) in [6.45, 7) is 1.64. The number of rotatable bonds is 5. The summed E-state index contributed by atoms with van der Waals surface area (Å²) in [5.41, 5.74) is 1.57. The summed E-state index contributed by atoms with van der Waals surface area (Å²) in [5, 5.41) is 0. The Balaban J connectivity index is 1.45. The van der Waals surface area contributed by atoms with E-state index in [-0.39, 0.29) is 11.5 Å². The highest BCUT2D eigenvalue weighted by Crippen LogP contribution is 2.29. The fraction of sp³-hybridized carbons (Fsp3) is 0.261. The second-order valence-corrected chi connectivity index (χ2v) is 9.06. The van der Waals surface area contributed by atoms with Crippen LogP contribution in [-0.2, 0) is 10.2 Å². The van der Waals surface area contributed by atoms with Gasteiger partial charge in [-0.3, -0.25) is 9.69 Å². The third-order valence-electron chi connectivity index (χ3n) is 5.71. The van der Waals surface area contributed by atoms with Crippen molar-refractivity contribution in [2.24, 2.45) is 0 Å². The zero-order valence-electron chi connectivity index (χ0n) is 17.6. The van der Waals surface area contributed by atoms with Crippen LogP contribution in [0.15, 0.2) is 71.8 Å². The lowest BCUT2D eigenvalue weighted by atomic mass is 9.90. The second-order valence-electron chi connectivity index (χ2n) is 7.71. The summed E-state index contributed by atoms with van der Waals surface area (Å²) in [6, 6.07) is 16.8. The van der Waals surface area contributed by atoms with E-state index in [1.165, 1.54) is 22.6 Å². The van der Waals surface area contributed by atoms with Gasteiger partial charge in [0.15, 0.2) is 0 Å². The van der Waals surface area contributed by atoms with E-state index in [2.05, 4.69) is 39.1 Å². The molecule has 0 atom stereocenters. The molecule has 166 valence electrons. The number of halogens is 1. The smallest absolute Gasteiger partial charge is 0.332 e. The van der Waals surface area contributed by atoms with Gasteiger partial charge in [-0.15, -0.1) is 3.89 Å². The molecule has 1 saturated heterocycles. The van der Waals surface area contributed by atoms with Crippen molar-refractivity contribution >= 4 is 27.9 Å². The van der Waals surface area contributed by atoms with Crippen molar-refractivity contribution in [3.8, 4) is 0 Å². The average Bonchev–Trinajstić information content (AvgIpc) is 2.83. The van der Waals surface area contributed by atoms with E-state index in [1.54, 1.807) is 19.3 Å². The minimum Gasteiger partial charge on any atom is -0.341 e. The maximum Gasteiger partial charge on any atom is 0.332 e. The van der Waals surface area contributed by atoms with E-state index < -0.39 is 15.1 Å². The molecule has 1 amide bonds. The average molecular weight is 455 g/mol. The summed E-state index contributed by atoms with van der Waals surface area (Å²) in [4.78, 5) is 24.7. The van der Waals surface area contributed by atoms with Gasteiger partial charge in [0.1, 0.15) is 5.82 Å². The first-order chi connectivity index (χ1) is 15.3. The molecule has 0 unspecified atom stereocenters. The summed E-state index contributed by atoms with van der Waals surface area (Å²) >= 11 is 0. The van der Waals surface area contributed by atoms with Gasteiger partial charge in [-0.2, -0.15) is 13.4 Å². The molecule has 1 aliphatic heterocycles. The Bertz CT molecular complexity index is 1200. The third kappa shape index (κ3) is 4.77. The standard InChI is InChI=1S/C23H23FN4O3S/c1-27(22(29)19-7-9-20(10-8-19)32(24,30)31)21-11-14-25-23(26-21)28-15-12-18(13-16-28)17-5-3-2-4-6-17/h2-11,14,18H,12-13,15-16H2,1H3. The number of hydrogen-bond donors (Lipinski definition) is 0. The van der Waals surface area contributed by atoms with Crippen LogP contribution in [0.2, 0.25) is 0 Å². The van der Waals surface area contributed by atoms with Crippen molar-refractivity contribution in [1.82, 2.24) is 9.97 Å². The van der Waals surface area contributed by atoms with Crippen molar-refractivity contribution in [1.29, 1.82) is 0 Å². The van der Waals surface area contributed by atoms with Crippen LogP contribution in [0.3, 0.4) is 0 Å². The molecule has 2 aromatic carbocycles. The molecule has 2 heterocycles. The SMILES string of the molecule is CN(C(=O)c1ccc(S(=O)(=O)F)cc1)c1ccnc(N2CCC(c3ccccc3)CC2)n1. The van der Waals surface area contributed by atoms with Crippen molar-refractivity contribution in [3.63, 3.8) is 0 Å². The van der Waals surface area contributed by atoms with Crippen LogP contribution in [0.25, 0.3) is 0 Å². The van der Waals surface area contributed by atoms with Gasteiger partial charge in [0.2, 0.25) is 5.95 Å². The molecule has 0 bridgehead atoms. The first kappa shape index (κ1) is 21.9. The fourth-order valence-electron chi connectivity index (χ4n) is 3.87. The number of amides is 1. The Labute approximate surface area is 186 Å². The monoisotopic (exact) mass is 454 g/mol. The quantitative estimate of drug-likeness (QED) is 0.546. The molecule has 0 spiro atoms. The number of aromatic nitrogens is 2. The van der Waals surface area contributed by atoms with E-state index in [0.29, 0.717) is 17.7 Å². The highest BCUT2D eigenvalue weighted by atomic mass is 32.3. The van der Waals surface area contributed by atoms with E-state index >= 15 is 0 Å². The van der Waals surface area contributed by atoms with Gasteiger partial charge in [-0.05, 0) is 54.7 Å². The molecular formula is C23H23FN4O3S. The van der Waals surface area contributed by atoms with Gasteiger partial charge in [-0.1, -0.05) is 30.3 Å². The molecule has 7 nitrogen and oxygen atoms in total. The van der Waals surface area contributed by atoms with Gasteiger partial charge in [-0.25, -0.2) is 4.98 Å². The summed E-state index contributed by atoms with van der Waals surface area (Å²) < 4.78 is 35.0. The van der Waals surface area contributed by atoms with Gasteiger partial charge in [0.05, 0.1) is 4.90 Å². The predicted molar refractivity (Wildman–Crippen MR) is 120 cm³/mol. The molecule has 4 rings (SSSR count). The van der Waals surface area contributed by atoms with E-state index in [9.17, 15) is 17.1 Å². The predicted octanol–water partition coefficient (Wildman–Crippen LogP) is 3.80. The Morgan fingerprint density at radius 1 is 1.03 bits per heavy atom. The normalized spacial score (nSPS) is 14.9. The van der Waals surface area contributed by atoms with Crippen molar-refractivity contribution < 1.29 is 17.1 Å². The van der Waals surface area contributed by atoms with E-state index in [0.717, 1.165) is 38.1 Å². The number of nitrogens with zero attached hydrogens (tertiary/aromatic N) is 4. The minimum absolute atomic E-state index is 0.226. The van der Waals surface area contributed by atoms with Crippen molar-refractivity contribution in [2.45, 2.75) is 23.7 Å². The molecule has 0 radical (unpaired) electrons. The van der Waals surface area contributed by atoms with Crippen LogP contribution in [0.4, 0.5) is 15.7 Å². The number of carbonyl (C=O) groups excluding carboxylic acids is 1. The maximum absolute atomic E-state index is 13.1. The van der Waals surface area contributed by atoms with Gasteiger partial charge in [0, 0.05) is 31.9 Å². The Morgan fingerprint density at radius 3 is 2.31 bits per heavy atom. The first-order valence-corrected chi connectivity index (χ1v) is 11.7. The molecule has 9 heteroatoms. The van der Waals surface area contributed by atoms with Crippen LogP contribution < -0.4 is 9.80 Å². The van der Waals surface area contributed by atoms with Crippen LogP contribution in [0, 0.1) is 0 Å². The highest BCUT2D eigenvalue weighted by Gasteiger charge is 2.23. The molecule has 0 N–H and O–H groups in total. The number of anilines is 2. The van der Waals surface area contributed by atoms with Gasteiger partial charge in [0.25, 0.3) is 5.91 Å². The third-order valence-corrected chi connectivity index (χ3v) is 6.54.